The second kappa shape index (κ2) is 16.3. The van der Waals surface area contributed by atoms with E-state index < -0.39 is 18.4 Å². The lowest BCUT2D eigenvalue weighted by Gasteiger charge is -2.17. The number of carboxylic acids is 1. The summed E-state index contributed by atoms with van der Waals surface area (Å²) >= 11 is 16.5. The average Bonchev–Trinajstić information content (AvgIpc) is 2.96. The molecule has 4 aromatic carbocycles. The molecule has 0 aliphatic carbocycles. The predicted octanol–water partition coefficient (Wildman–Crippen LogP) is 8.51. The zero-order valence-corrected chi connectivity index (χ0v) is 30.1. The van der Waals surface area contributed by atoms with Gasteiger partial charge in [0, 0.05) is 42.7 Å². The molecule has 0 radical (unpaired) electrons. The van der Waals surface area contributed by atoms with Crippen LogP contribution in [0.5, 0.6) is 0 Å². The second-order valence-corrected chi connectivity index (χ2v) is 13.2. The SMILES string of the molecule is Cc1cc(I)ccc1Nc1ccc(Cl)cc1C(=O)N(C)C.Cc1cc(I)ccc1Nc1ccc(Cl)cc1C(=O)NCC(=O)O. The number of anilines is 4. The summed E-state index contributed by atoms with van der Waals surface area (Å²) < 4.78 is 2.29. The maximum atomic E-state index is 12.3. The molecule has 0 fully saturated rings. The molecule has 0 heterocycles. The lowest BCUT2D eigenvalue weighted by Crippen LogP contribution is -2.29. The fraction of sp³-hybridized carbons (Fsp3) is 0.156. The summed E-state index contributed by atoms with van der Waals surface area (Å²) in [5.74, 6) is -1.69. The van der Waals surface area contributed by atoms with Crippen molar-refractivity contribution in [1.29, 1.82) is 0 Å². The standard InChI is InChI=1S/C16H14ClIN2O3.C16H16ClIN2O/c1-9-6-11(18)3-5-13(9)20-14-4-2-10(17)7-12(14)16(23)19-8-15(21)22;1-10-8-12(18)5-7-14(10)19-15-6-4-11(17)9-13(15)16(21)20(2)3/h2-7,20H,8H2,1H3,(H,19,23)(H,21,22);4-9,19H,1-3H3. The van der Waals surface area contributed by atoms with Crippen molar-refractivity contribution in [3.05, 3.63) is 112 Å². The normalized spacial score (nSPS) is 10.3. The molecule has 4 N–H and O–H groups in total. The summed E-state index contributed by atoms with van der Waals surface area (Å²) in [4.78, 5) is 36.6. The van der Waals surface area contributed by atoms with Gasteiger partial charge in [-0.2, -0.15) is 0 Å². The van der Waals surface area contributed by atoms with Crippen LogP contribution in [0.2, 0.25) is 10.0 Å². The minimum Gasteiger partial charge on any atom is -0.480 e. The lowest BCUT2D eigenvalue weighted by atomic mass is 10.1. The highest BCUT2D eigenvalue weighted by Crippen LogP contribution is 2.29. The fourth-order valence-corrected chi connectivity index (χ4v) is 5.57. The van der Waals surface area contributed by atoms with E-state index in [1.54, 1.807) is 38.4 Å². The number of hydrogen-bond donors (Lipinski definition) is 4. The number of aryl methyl sites for hydroxylation is 2. The second-order valence-electron chi connectivity index (χ2n) is 9.82. The van der Waals surface area contributed by atoms with Crippen LogP contribution in [-0.2, 0) is 4.79 Å². The number of benzene rings is 4. The summed E-state index contributed by atoms with van der Waals surface area (Å²) in [6, 6.07) is 22.2. The molecule has 12 heteroatoms. The maximum absolute atomic E-state index is 12.3. The molecule has 0 aliphatic heterocycles. The molecule has 2 amide bonds. The van der Waals surface area contributed by atoms with Crippen LogP contribution in [0.4, 0.5) is 22.7 Å². The van der Waals surface area contributed by atoms with Crippen molar-refractivity contribution in [3.63, 3.8) is 0 Å². The number of carbonyl (C=O) groups is 3. The Kier molecular flexibility index (Phi) is 13.1. The Hall–Kier alpha value is -3.07. The molecule has 0 unspecified atom stereocenters. The molecular formula is C32H30Cl2I2N4O4. The van der Waals surface area contributed by atoms with Crippen LogP contribution in [0.3, 0.4) is 0 Å². The number of amides is 2. The minimum atomic E-state index is -1.11. The van der Waals surface area contributed by atoms with Gasteiger partial charge < -0.3 is 26.0 Å². The van der Waals surface area contributed by atoms with Crippen molar-refractivity contribution in [3.8, 4) is 0 Å². The molecule has 0 saturated heterocycles. The molecule has 4 aromatic rings. The third-order valence-corrected chi connectivity index (χ3v) is 7.97. The van der Waals surface area contributed by atoms with Gasteiger partial charge >= 0.3 is 5.97 Å². The first-order chi connectivity index (χ1) is 20.7. The molecule has 0 aliphatic rings. The number of carbonyl (C=O) groups excluding carboxylic acids is 2. The van der Waals surface area contributed by atoms with E-state index in [1.807, 2.05) is 50.2 Å². The summed E-state index contributed by atoms with van der Waals surface area (Å²) in [6.07, 6.45) is 0. The van der Waals surface area contributed by atoms with E-state index in [9.17, 15) is 14.4 Å². The third kappa shape index (κ3) is 10.2. The number of nitrogens with one attached hydrogen (secondary N) is 3. The van der Waals surface area contributed by atoms with E-state index in [4.69, 9.17) is 28.3 Å². The van der Waals surface area contributed by atoms with Gasteiger partial charge in [-0.15, -0.1) is 0 Å². The average molecular weight is 859 g/mol. The first-order valence-corrected chi connectivity index (χ1v) is 16.0. The summed E-state index contributed by atoms with van der Waals surface area (Å²) in [5, 5.41) is 18.5. The quantitative estimate of drug-likeness (QED) is 0.132. The lowest BCUT2D eigenvalue weighted by molar-refractivity contribution is -0.135. The Labute approximate surface area is 293 Å². The molecule has 0 bridgehead atoms. The Bertz CT molecular complexity index is 1700. The Morgan fingerprint density at radius 1 is 0.705 bits per heavy atom. The molecule has 230 valence electrons. The fourth-order valence-electron chi connectivity index (χ4n) is 3.93. The zero-order valence-electron chi connectivity index (χ0n) is 24.3. The van der Waals surface area contributed by atoms with E-state index >= 15 is 0 Å². The highest BCUT2D eigenvalue weighted by Gasteiger charge is 2.16. The van der Waals surface area contributed by atoms with Crippen molar-refractivity contribution < 1.29 is 19.5 Å². The largest absolute Gasteiger partial charge is 0.480 e. The van der Waals surface area contributed by atoms with Crippen LogP contribution in [0, 0.1) is 21.0 Å². The number of rotatable bonds is 8. The van der Waals surface area contributed by atoms with Gasteiger partial charge in [-0.3, -0.25) is 14.4 Å². The van der Waals surface area contributed by atoms with Gasteiger partial charge in [-0.05, 0) is 143 Å². The van der Waals surface area contributed by atoms with Crippen LogP contribution in [0.25, 0.3) is 0 Å². The van der Waals surface area contributed by atoms with E-state index in [0.29, 0.717) is 21.3 Å². The Balaban J connectivity index is 0.000000241. The van der Waals surface area contributed by atoms with Crippen LogP contribution in [0.15, 0.2) is 72.8 Å². The topological polar surface area (TPSA) is 111 Å². The predicted molar refractivity (Wildman–Crippen MR) is 195 cm³/mol. The van der Waals surface area contributed by atoms with Gasteiger partial charge in [0.2, 0.25) is 0 Å². The van der Waals surface area contributed by atoms with Crippen molar-refractivity contribution >= 4 is 109 Å². The van der Waals surface area contributed by atoms with Gasteiger partial charge in [0.1, 0.15) is 6.54 Å². The van der Waals surface area contributed by atoms with Gasteiger partial charge in [-0.1, -0.05) is 23.2 Å². The van der Waals surface area contributed by atoms with Crippen molar-refractivity contribution in [2.24, 2.45) is 0 Å². The first kappa shape index (κ1) is 35.4. The van der Waals surface area contributed by atoms with Crippen LogP contribution in [0.1, 0.15) is 31.8 Å². The zero-order chi connectivity index (χ0) is 32.6. The van der Waals surface area contributed by atoms with Crippen molar-refractivity contribution in [2.75, 3.05) is 31.3 Å². The Morgan fingerprint density at radius 2 is 1.14 bits per heavy atom. The summed E-state index contributed by atoms with van der Waals surface area (Å²) in [7, 11) is 3.45. The molecular weight excluding hydrogens is 829 g/mol. The number of hydrogen-bond acceptors (Lipinski definition) is 5. The highest BCUT2D eigenvalue weighted by atomic mass is 127. The van der Waals surface area contributed by atoms with Gasteiger partial charge in [0.05, 0.1) is 22.5 Å². The van der Waals surface area contributed by atoms with E-state index in [2.05, 4.69) is 67.2 Å². The van der Waals surface area contributed by atoms with Gasteiger partial charge in [-0.25, -0.2) is 0 Å². The summed E-state index contributed by atoms with van der Waals surface area (Å²) in [6.45, 7) is 3.55. The molecule has 44 heavy (non-hydrogen) atoms. The number of aliphatic carboxylic acids is 1. The van der Waals surface area contributed by atoms with Crippen molar-refractivity contribution in [2.45, 2.75) is 13.8 Å². The van der Waals surface area contributed by atoms with E-state index in [0.717, 1.165) is 31.8 Å². The van der Waals surface area contributed by atoms with Crippen LogP contribution in [-0.4, -0.2) is 48.4 Å². The van der Waals surface area contributed by atoms with Crippen LogP contribution >= 0.6 is 68.4 Å². The smallest absolute Gasteiger partial charge is 0.322 e. The minimum absolute atomic E-state index is 0.0804. The van der Waals surface area contributed by atoms with Crippen molar-refractivity contribution in [1.82, 2.24) is 10.2 Å². The molecule has 8 nitrogen and oxygen atoms in total. The van der Waals surface area contributed by atoms with Crippen LogP contribution < -0.4 is 16.0 Å². The van der Waals surface area contributed by atoms with Gasteiger partial charge in [0.25, 0.3) is 11.8 Å². The third-order valence-electron chi connectivity index (χ3n) is 6.16. The molecule has 0 spiro atoms. The Morgan fingerprint density at radius 3 is 1.57 bits per heavy atom. The molecule has 4 rings (SSSR count). The highest BCUT2D eigenvalue weighted by molar-refractivity contribution is 14.1. The number of halogens is 4. The molecule has 0 aromatic heterocycles. The maximum Gasteiger partial charge on any atom is 0.322 e. The number of nitrogens with zero attached hydrogens (tertiary/aromatic N) is 1. The molecule has 0 saturated carbocycles. The monoisotopic (exact) mass is 858 g/mol. The number of carboxylic acid groups (broad SMARTS) is 1. The molecule has 0 atom stereocenters. The van der Waals surface area contributed by atoms with E-state index in [1.165, 1.54) is 14.5 Å². The summed E-state index contributed by atoms with van der Waals surface area (Å²) in [5.41, 5.74) is 6.15. The first-order valence-electron chi connectivity index (χ1n) is 13.1. The van der Waals surface area contributed by atoms with Gasteiger partial charge in [0.15, 0.2) is 0 Å². The van der Waals surface area contributed by atoms with E-state index in [-0.39, 0.29) is 11.5 Å².